The third kappa shape index (κ3) is 3.45. The Morgan fingerprint density at radius 2 is 2.33 bits per heavy atom. The summed E-state index contributed by atoms with van der Waals surface area (Å²) in [5.74, 6) is 1.97. The van der Waals surface area contributed by atoms with E-state index in [-0.39, 0.29) is 13.0 Å². The summed E-state index contributed by atoms with van der Waals surface area (Å²) in [4.78, 5) is 0. The number of hydrogen-bond donors (Lipinski definition) is 0. The highest BCUT2D eigenvalue weighted by molar-refractivity contribution is 4.89. The minimum absolute atomic E-state index is 0.122. The molecule has 0 aromatic heterocycles. The van der Waals surface area contributed by atoms with E-state index in [0.29, 0.717) is 0 Å². The predicted molar refractivity (Wildman–Crippen MR) is 19.1 cm³/mol. The van der Waals surface area contributed by atoms with E-state index in [2.05, 4.69) is 0 Å². The third-order valence-electron chi connectivity index (χ3n) is 0.294. The lowest BCUT2D eigenvalue weighted by Crippen LogP contribution is -1.70. The molecule has 6 heavy (non-hydrogen) atoms. The first kappa shape index (κ1) is 5.45. The molecule has 1 nitrogen and oxygen atoms in total. The van der Waals surface area contributed by atoms with Gasteiger partial charge in [-0.2, -0.15) is 0 Å². The van der Waals surface area contributed by atoms with Crippen LogP contribution in [0, 0.1) is 12.1 Å². The van der Waals surface area contributed by atoms with E-state index in [1.54, 1.807) is 0 Å². The molecule has 0 aliphatic heterocycles. The van der Waals surface area contributed by atoms with Crippen molar-refractivity contribution >= 4 is 0 Å². The molecule has 0 atom stereocenters. The predicted octanol–water partition coefficient (Wildman–Crippen LogP) is 0.737. The van der Waals surface area contributed by atoms with Crippen LogP contribution in [0.25, 0.3) is 0 Å². The van der Waals surface area contributed by atoms with Gasteiger partial charge in [0.25, 0.3) is 0 Å². The lowest BCUT2D eigenvalue weighted by atomic mass is 10.5. The molecule has 0 spiro atoms. The summed E-state index contributed by atoms with van der Waals surface area (Å²) in [5.41, 5.74) is 0. The van der Waals surface area contributed by atoms with Gasteiger partial charge in [0.1, 0.15) is 6.17 Å². The second-order valence-electron chi connectivity index (χ2n) is 0.725. The topological polar surface area (TPSA) is 19.9 Å². The van der Waals surface area contributed by atoms with Gasteiger partial charge < -0.3 is 0 Å². The van der Waals surface area contributed by atoms with Gasteiger partial charge in [-0.05, 0) is 0 Å². The molecular weight excluding hydrogens is 83.0 g/mol. The molecule has 0 bridgehead atoms. The van der Waals surface area contributed by atoms with E-state index >= 15 is 0 Å². The van der Waals surface area contributed by atoms with Crippen LogP contribution in [0.5, 0.6) is 0 Å². The summed E-state index contributed by atoms with van der Waals surface area (Å²) in [7, 11) is 0. The Bertz CT molecular complexity index is 69.4. The molecule has 0 saturated heterocycles. The molecule has 0 aromatic carbocycles. The van der Waals surface area contributed by atoms with Crippen molar-refractivity contribution in [3.8, 4) is 12.1 Å². The van der Waals surface area contributed by atoms with Crippen molar-refractivity contribution in [2.45, 2.75) is 6.42 Å². The van der Waals surface area contributed by atoms with Crippen LogP contribution in [-0.4, -0.2) is 6.61 Å². The Hall–Kier alpha value is -0.550. The molecule has 0 saturated carbocycles. The van der Waals surface area contributed by atoms with E-state index in [1.807, 2.05) is 5.92 Å². The lowest BCUT2D eigenvalue weighted by Gasteiger charge is -1.67. The molecule has 0 aliphatic rings. The fraction of sp³-hybridized carbons (Fsp3) is 0.500. The van der Waals surface area contributed by atoms with E-state index in [1.165, 1.54) is 0 Å². The molecule has 0 fully saturated rings. The first-order valence-electron chi connectivity index (χ1n) is 1.58. The highest BCUT2D eigenvalue weighted by Crippen LogP contribution is 1.68. The van der Waals surface area contributed by atoms with Crippen molar-refractivity contribution in [3.63, 3.8) is 0 Å². The van der Waals surface area contributed by atoms with E-state index < -0.39 is 0 Å². The third-order valence-corrected chi connectivity index (χ3v) is 0.294. The van der Waals surface area contributed by atoms with Crippen molar-refractivity contribution in [2.75, 3.05) is 6.61 Å². The van der Waals surface area contributed by atoms with Gasteiger partial charge in [0.15, 0.2) is 0 Å². The van der Waals surface area contributed by atoms with Crippen molar-refractivity contribution in [1.29, 1.82) is 0 Å². The van der Waals surface area contributed by atoms with Gasteiger partial charge in [0, 0.05) is 6.42 Å². The maximum absolute atomic E-state index is 10.7. The Balaban J connectivity index is 2.79. The molecule has 0 unspecified atom stereocenters. The normalized spacial score (nSPS) is 6.33. The second kappa shape index (κ2) is 4.45. The minimum Gasteiger partial charge on any atom is -0.236 e. The molecular formula is C4H4FO. The summed E-state index contributed by atoms with van der Waals surface area (Å²) in [6.07, 6.45) is 1.24. The monoisotopic (exact) mass is 87.0 g/mol. The van der Waals surface area contributed by atoms with Crippen LogP contribution in [0.15, 0.2) is 0 Å². The van der Waals surface area contributed by atoms with E-state index in [9.17, 15) is 9.50 Å². The van der Waals surface area contributed by atoms with E-state index in [0.717, 1.165) is 6.17 Å². The molecule has 0 heterocycles. The van der Waals surface area contributed by atoms with Gasteiger partial charge in [-0.1, -0.05) is 5.92 Å². The van der Waals surface area contributed by atoms with Gasteiger partial charge in [0.05, 0.1) is 6.61 Å². The quantitative estimate of drug-likeness (QED) is 0.420. The average molecular weight is 87.1 g/mol. The number of halogens is 1. The van der Waals surface area contributed by atoms with Crippen LogP contribution in [0.3, 0.4) is 0 Å². The van der Waals surface area contributed by atoms with Gasteiger partial charge in [0.2, 0.25) is 0 Å². The summed E-state index contributed by atoms with van der Waals surface area (Å²) in [6, 6.07) is 0. The molecule has 0 rings (SSSR count). The highest BCUT2D eigenvalue weighted by Gasteiger charge is 1.68. The molecule has 2 heteroatoms. The maximum atomic E-state index is 10.7. The van der Waals surface area contributed by atoms with Gasteiger partial charge in [-0.15, -0.1) is 4.39 Å². The molecule has 0 N–H and O–H groups in total. The summed E-state index contributed by atoms with van der Waals surface area (Å²) < 4.78 is 10.7. The molecule has 0 aromatic rings. The first-order valence-corrected chi connectivity index (χ1v) is 1.58. The van der Waals surface area contributed by atoms with Crippen LogP contribution in [0.1, 0.15) is 6.42 Å². The van der Waals surface area contributed by atoms with Crippen LogP contribution in [-0.2, 0) is 5.11 Å². The zero-order valence-corrected chi connectivity index (χ0v) is 3.20. The molecule has 0 aliphatic carbocycles. The summed E-state index contributed by atoms with van der Waals surface area (Å²) in [6.45, 7) is -0.309. The first-order chi connectivity index (χ1) is 2.91. The maximum Gasteiger partial charge on any atom is 0.105 e. The molecule has 0 amide bonds. The summed E-state index contributed by atoms with van der Waals surface area (Å²) >= 11 is 0. The fourth-order valence-electron chi connectivity index (χ4n) is 0.0983. The van der Waals surface area contributed by atoms with Gasteiger partial charge in [-0.25, -0.2) is 5.11 Å². The van der Waals surface area contributed by atoms with Crippen molar-refractivity contribution in [2.24, 2.45) is 0 Å². The Kier molecular flexibility index (Phi) is 4.04. The van der Waals surface area contributed by atoms with Gasteiger partial charge >= 0.3 is 0 Å². The average Bonchev–Trinajstić information content (AvgIpc) is 1.61. The van der Waals surface area contributed by atoms with Gasteiger partial charge in [-0.3, -0.25) is 0 Å². The van der Waals surface area contributed by atoms with Crippen LogP contribution in [0.2, 0.25) is 0 Å². The Labute approximate surface area is 35.8 Å². The minimum atomic E-state index is -0.309. The standard InChI is InChI=1S/C4H4FO/c5-3-1-2-4-6/h2,4H2. The SMILES string of the molecule is [O]CCC#CF. The molecule has 33 valence electrons. The van der Waals surface area contributed by atoms with Crippen molar-refractivity contribution in [1.82, 2.24) is 0 Å². The Morgan fingerprint density at radius 1 is 1.67 bits per heavy atom. The molecule has 1 radical (unpaired) electrons. The van der Waals surface area contributed by atoms with Crippen molar-refractivity contribution < 1.29 is 9.50 Å². The largest absolute Gasteiger partial charge is 0.236 e. The van der Waals surface area contributed by atoms with Crippen LogP contribution < -0.4 is 0 Å². The lowest BCUT2D eigenvalue weighted by molar-refractivity contribution is 0.201. The van der Waals surface area contributed by atoms with Crippen molar-refractivity contribution in [3.05, 3.63) is 0 Å². The summed E-state index contributed by atoms with van der Waals surface area (Å²) in [5, 5.41) is 9.42. The fourth-order valence-corrected chi connectivity index (χ4v) is 0.0983. The zero-order valence-electron chi connectivity index (χ0n) is 3.20. The highest BCUT2D eigenvalue weighted by atomic mass is 19.1. The number of rotatable bonds is 1. The smallest absolute Gasteiger partial charge is 0.105 e. The van der Waals surface area contributed by atoms with Crippen LogP contribution in [0.4, 0.5) is 4.39 Å². The second-order valence-corrected chi connectivity index (χ2v) is 0.725. The Morgan fingerprint density at radius 3 is 2.50 bits per heavy atom. The zero-order chi connectivity index (χ0) is 4.83. The number of hydrogen-bond acceptors (Lipinski definition) is 0. The van der Waals surface area contributed by atoms with Crippen LogP contribution >= 0.6 is 0 Å². The van der Waals surface area contributed by atoms with E-state index in [4.69, 9.17) is 0 Å².